The van der Waals surface area contributed by atoms with Gasteiger partial charge in [-0.05, 0) is 43.2 Å². The number of aryl methyl sites for hydroxylation is 2. The van der Waals surface area contributed by atoms with Gasteiger partial charge >= 0.3 is 0 Å². The Kier molecular flexibility index (Phi) is 4.39. The molecule has 0 radical (unpaired) electrons. The van der Waals surface area contributed by atoms with Gasteiger partial charge in [-0.1, -0.05) is 36.5 Å². The van der Waals surface area contributed by atoms with Gasteiger partial charge in [-0.3, -0.25) is 4.79 Å². The molecule has 0 aliphatic heterocycles. The summed E-state index contributed by atoms with van der Waals surface area (Å²) in [5.41, 5.74) is 2.63. The Morgan fingerprint density at radius 2 is 2.00 bits per heavy atom. The molecule has 1 amide bonds. The van der Waals surface area contributed by atoms with E-state index in [1.807, 2.05) is 19.1 Å². The molecule has 3 rings (SSSR count). The summed E-state index contributed by atoms with van der Waals surface area (Å²) in [5, 5.41) is 0. The van der Waals surface area contributed by atoms with Gasteiger partial charge in [0, 0.05) is 12.1 Å². The van der Waals surface area contributed by atoms with E-state index < -0.39 is 11.7 Å². The SMILES string of the molecule is CCc1cccc2sc(=NC(=O)c3cccc(F)c3)n(CC)c12. The Morgan fingerprint density at radius 1 is 1.22 bits per heavy atom. The van der Waals surface area contributed by atoms with Crippen molar-refractivity contribution in [1.29, 1.82) is 0 Å². The summed E-state index contributed by atoms with van der Waals surface area (Å²) in [6.45, 7) is 4.87. The number of para-hydroxylation sites is 1. The Bertz CT molecular complexity index is 940. The summed E-state index contributed by atoms with van der Waals surface area (Å²) < 4.78 is 16.4. The van der Waals surface area contributed by atoms with Crippen LogP contribution in [0.3, 0.4) is 0 Å². The van der Waals surface area contributed by atoms with Gasteiger partial charge in [0.25, 0.3) is 5.91 Å². The van der Waals surface area contributed by atoms with Crippen LogP contribution >= 0.6 is 11.3 Å². The standard InChI is InChI=1S/C18H17FN2OS/c1-3-12-7-6-10-15-16(12)21(4-2)18(23-15)20-17(22)13-8-5-9-14(19)11-13/h5-11H,3-4H2,1-2H3. The molecule has 5 heteroatoms. The van der Waals surface area contributed by atoms with E-state index in [0.29, 0.717) is 4.80 Å². The summed E-state index contributed by atoms with van der Waals surface area (Å²) in [5.74, 6) is -0.852. The largest absolute Gasteiger partial charge is 0.316 e. The average molecular weight is 328 g/mol. The highest BCUT2D eigenvalue weighted by atomic mass is 32.1. The van der Waals surface area contributed by atoms with E-state index in [0.717, 1.165) is 23.2 Å². The van der Waals surface area contributed by atoms with Crippen molar-refractivity contribution in [1.82, 2.24) is 4.57 Å². The lowest BCUT2D eigenvalue weighted by Gasteiger charge is -2.05. The molecule has 3 aromatic rings. The van der Waals surface area contributed by atoms with Crippen LogP contribution in [0.2, 0.25) is 0 Å². The molecule has 0 saturated carbocycles. The molecule has 23 heavy (non-hydrogen) atoms. The molecular formula is C18H17FN2OS. The first-order chi connectivity index (χ1) is 11.1. The highest BCUT2D eigenvalue weighted by molar-refractivity contribution is 7.16. The fraction of sp³-hybridized carbons (Fsp3) is 0.222. The predicted octanol–water partition coefficient (Wildman–Crippen LogP) is 4.17. The van der Waals surface area contributed by atoms with Crippen molar-refractivity contribution in [2.45, 2.75) is 26.8 Å². The van der Waals surface area contributed by atoms with E-state index in [2.05, 4.69) is 22.5 Å². The summed E-state index contributed by atoms with van der Waals surface area (Å²) in [4.78, 5) is 17.2. The number of thiazole rings is 1. The Labute approximate surface area is 137 Å². The van der Waals surface area contributed by atoms with Crippen LogP contribution in [-0.2, 0) is 13.0 Å². The van der Waals surface area contributed by atoms with E-state index in [1.54, 1.807) is 6.07 Å². The zero-order valence-electron chi connectivity index (χ0n) is 13.0. The molecule has 3 nitrogen and oxygen atoms in total. The minimum absolute atomic E-state index is 0.265. The molecule has 0 bridgehead atoms. The number of carbonyl (C=O) groups is 1. The van der Waals surface area contributed by atoms with Gasteiger partial charge in [0.2, 0.25) is 0 Å². The maximum atomic E-state index is 13.3. The monoisotopic (exact) mass is 328 g/mol. The van der Waals surface area contributed by atoms with Crippen LogP contribution in [0.5, 0.6) is 0 Å². The first kappa shape index (κ1) is 15.6. The molecule has 0 N–H and O–H groups in total. The van der Waals surface area contributed by atoms with Crippen LogP contribution in [0, 0.1) is 5.82 Å². The Hall–Kier alpha value is -2.27. The molecule has 0 atom stereocenters. The summed E-state index contributed by atoms with van der Waals surface area (Å²) >= 11 is 1.49. The van der Waals surface area contributed by atoms with Gasteiger partial charge in [0.05, 0.1) is 10.2 Å². The van der Waals surface area contributed by atoms with Crippen molar-refractivity contribution in [3.63, 3.8) is 0 Å². The summed E-state index contributed by atoms with van der Waals surface area (Å²) in [7, 11) is 0. The molecule has 0 aliphatic rings. The fourth-order valence-electron chi connectivity index (χ4n) is 2.64. The maximum absolute atomic E-state index is 13.3. The number of halogens is 1. The quantitative estimate of drug-likeness (QED) is 0.711. The molecule has 0 spiro atoms. The third kappa shape index (κ3) is 2.97. The van der Waals surface area contributed by atoms with E-state index >= 15 is 0 Å². The molecule has 0 saturated heterocycles. The highest BCUT2D eigenvalue weighted by Gasteiger charge is 2.11. The van der Waals surface area contributed by atoms with Gasteiger partial charge in [-0.15, -0.1) is 0 Å². The Morgan fingerprint density at radius 3 is 2.70 bits per heavy atom. The third-order valence-electron chi connectivity index (χ3n) is 3.75. The summed E-state index contributed by atoms with van der Waals surface area (Å²) in [6, 6.07) is 11.8. The lowest BCUT2D eigenvalue weighted by Crippen LogP contribution is -2.16. The second-order valence-electron chi connectivity index (χ2n) is 5.17. The molecule has 1 heterocycles. The second-order valence-corrected chi connectivity index (χ2v) is 6.18. The van der Waals surface area contributed by atoms with Crippen LogP contribution in [0.1, 0.15) is 29.8 Å². The minimum atomic E-state index is -0.431. The van der Waals surface area contributed by atoms with E-state index in [4.69, 9.17) is 0 Å². The number of fused-ring (bicyclic) bond motifs is 1. The van der Waals surface area contributed by atoms with Gasteiger partial charge < -0.3 is 4.57 Å². The number of aromatic nitrogens is 1. The molecule has 2 aromatic carbocycles. The van der Waals surface area contributed by atoms with Crippen LogP contribution in [0.15, 0.2) is 47.5 Å². The number of carbonyl (C=O) groups excluding carboxylic acids is 1. The number of rotatable bonds is 3. The average Bonchev–Trinajstić information content (AvgIpc) is 2.91. The van der Waals surface area contributed by atoms with E-state index in [9.17, 15) is 9.18 Å². The van der Waals surface area contributed by atoms with Crippen LogP contribution in [-0.4, -0.2) is 10.5 Å². The van der Waals surface area contributed by atoms with Crippen LogP contribution in [0.25, 0.3) is 10.2 Å². The Balaban J connectivity index is 2.18. The van der Waals surface area contributed by atoms with Crippen molar-refractivity contribution in [2.24, 2.45) is 4.99 Å². The van der Waals surface area contributed by atoms with Gasteiger partial charge in [-0.25, -0.2) is 4.39 Å². The third-order valence-corrected chi connectivity index (χ3v) is 4.79. The molecule has 118 valence electrons. The van der Waals surface area contributed by atoms with Crippen molar-refractivity contribution in [3.05, 3.63) is 64.2 Å². The smallest absolute Gasteiger partial charge is 0.279 e. The topological polar surface area (TPSA) is 34.4 Å². The first-order valence-corrected chi connectivity index (χ1v) is 8.41. The number of hydrogen-bond donors (Lipinski definition) is 0. The van der Waals surface area contributed by atoms with Crippen LogP contribution < -0.4 is 4.80 Å². The number of benzene rings is 2. The highest BCUT2D eigenvalue weighted by Crippen LogP contribution is 2.22. The fourth-order valence-corrected chi connectivity index (χ4v) is 3.78. The van der Waals surface area contributed by atoms with Gasteiger partial charge in [0.15, 0.2) is 4.80 Å². The molecule has 0 fully saturated rings. The first-order valence-electron chi connectivity index (χ1n) is 7.60. The zero-order valence-corrected chi connectivity index (χ0v) is 13.9. The molecule has 0 aliphatic carbocycles. The molecule has 1 aromatic heterocycles. The number of hydrogen-bond acceptors (Lipinski definition) is 2. The number of nitrogens with zero attached hydrogens (tertiary/aromatic N) is 2. The summed E-state index contributed by atoms with van der Waals surface area (Å²) in [6.07, 6.45) is 0.922. The minimum Gasteiger partial charge on any atom is -0.316 e. The van der Waals surface area contributed by atoms with Crippen molar-refractivity contribution in [2.75, 3.05) is 0 Å². The van der Waals surface area contributed by atoms with E-state index in [1.165, 1.54) is 35.1 Å². The lowest BCUT2D eigenvalue weighted by atomic mass is 10.1. The maximum Gasteiger partial charge on any atom is 0.279 e. The second kappa shape index (κ2) is 6.46. The van der Waals surface area contributed by atoms with Crippen molar-refractivity contribution in [3.8, 4) is 0 Å². The predicted molar refractivity (Wildman–Crippen MR) is 91.2 cm³/mol. The van der Waals surface area contributed by atoms with Gasteiger partial charge in [0.1, 0.15) is 5.82 Å². The zero-order chi connectivity index (χ0) is 16.4. The van der Waals surface area contributed by atoms with Crippen molar-refractivity contribution >= 4 is 27.5 Å². The molecular weight excluding hydrogens is 311 g/mol. The van der Waals surface area contributed by atoms with Crippen molar-refractivity contribution < 1.29 is 9.18 Å². The van der Waals surface area contributed by atoms with E-state index in [-0.39, 0.29) is 5.56 Å². The normalized spacial score (nSPS) is 12.0. The lowest BCUT2D eigenvalue weighted by molar-refractivity contribution is 0.0997. The molecule has 0 unspecified atom stereocenters. The van der Waals surface area contributed by atoms with Crippen LogP contribution in [0.4, 0.5) is 4.39 Å². The number of amides is 1. The van der Waals surface area contributed by atoms with Gasteiger partial charge in [-0.2, -0.15) is 4.99 Å².